The van der Waals surface area contributed by atoms with Gasteiger partial charge in [-0.2, -0.15) is 10.1 Å². The van der Waals surface area contributed by atoms with Crippen LogP contribution in [0.3, 0.4) is 0 Å². The van der Waals surface area contributed by atoms with Gasteiger partial charge in [0.1, 0.15) is 10.8 Å². The van der Waals surface area contributed by atoms with Crippen molar-refractivity contribution in [1.29, 1.82) is 0 Å². The number of aryl methyl sites for hydroxylation is 1. The zero-order valence-electron chi connectivity index (χ0n) is 25.2. The number of carbonyl (C=O) groups excluding carboxylic acids is 3. The predicted octanol–water partition coefficient (Wildman–Crippen LogP) is 3.52. The van der Waals surface area contributed by atoms with E-state index in [0.29, 0.717) is 41.7 Å². The molecule has 7 rings (SSSR count). The number of hydrogen-bond acceptors (Lipinski definition) is 10. The van der Waals surface area contributed by atoms with Gasteiger partial charge in [-0.25, -0.2) is 9.97 Å². The Hall–Kier alpha value is -4.78. The first-order chi connectivity index (χ1) is 21.6. The van der Waals surface area contributed by atoms with Gasteiger partial charge in [0.25, 0.3) is 0 Å². The maximum atomic E-state index is 12.5. The zero-order chi connectivity index (χ0) is 31.4. The lowest BCUT2D eigenvalue weighted by Gasteiger charge is -2.37. The second-order valence-electron chi connectivity index (χ2n) is 12.0. The number of benzene rings is 1. The fourth-order valence-electron chi connectivity index (χ4n) is 6.48. The summed E-state index contributed by atoms with van der Waals surface area (Å²) in [6.45, 7) is 3.66. The maximum absolute atomic E-state index is 12.5. The van der Waals surface area contributed by atoms with Crippen molar-refractivity contribution in [2.75, 3.05) is 40.6 Å². The Kier molecular flexibility index (Phi) is 7.27. The molecule has 1 aromatic carbocycles. The maximum Gasteiger partial charge on any atom is 0.235 e. The highest BCUT2D eigenvalue weighted by Gasteiger charge is 2.32. The molecule has 0 aliphatic carbocycles. The SMILES string of the molecule is C[C@@H]1CN(c2ncc(Cl)c(Nc3ccc4c(c3)CC(=O)N4C)n2)CC[C@H]1Nc1cc2c(cn1)c(C1CCC(=O)NC1=O)nn2C. The molecule has 2 fully saturated rings. The summed E-state index contributed by atoms with van der Waals surface area (Å²) in [5.41, 5.74) is 4.20. The Bertz CT molecular complexity index is 1860. The molecule has 232 valence electrons. The van der Waals surface area contributed by atoms with E-state index in [4.69, 9.17) is 16.6 Å². The summed E-state index contributed by atoms with van der Waals surface area (Å²) >= 11 is 6.48. The third-order valence-electron chi connectivity index (χ3n) is 9.01. The number of nitrogens with zero attached hydrogens (tertiary/aromatic N) is 7. The Labute approximate surface area is 264 Å². The molecule has 6 heterocycles. The first-order valence-electron chi connectivity index (χ1n) is 15.0. The number of piperidine rings is 2. The normalized spacial score (nSPS) is 21.7. The van der Waals surface area contributed by atoms with Crippen LogP contribution in [0.25, 0.3) is 10.9 Å². The summed E-state index contributed by atoms with van der Waals surface area (Å²) in [5.74, 6) is 1.15. The van der Waals surface area contributed by atoms with Crippen molar-refractivity contribution in [2.45, 2.75) is 44.6 Å². The van der Waals surface area contributed by atoms with Crippen LogP contribution in [0.4, 0.5) is 29.0 Å². The molecular weight excluding hydrogens is 596 g/mol. The van der Waals surface area contributed by atoms with Crippen LogP contribution in [-0.4, -0.2) is 68.6 Å². The number of likely N-dealkylation sites (N-methyl/N-ethyl adjacent to an activating group) is 1. The standard InChI is InChI=1S/C31H33ClN10O3/c1-16-15-42(31-34-14-21(32)29(38-31)35-18-4-6-23-17(10-18)11-27(44)40(23)2)9-8-22(16)36-25-12-24-20(13-33-25)28(39-41(24)3)19-5-7-26(43)37-30(19)45/h4,6,10,12-14,16,19,22H,5,7-9,11,15H2,1-3H3,(H,33,36)(H,34,35,38)(H,37,43,45)/t16-,19?,22-/m1/s1. The fraction of sp³-hybridized carbons (Fsp3) is 0.387. The summed E-state index contributed by atoms with van der Waals surface area (Å²) in [5, 5.41) is 15.2. The van der Waals surface area contributed by atoms with Gasteiger partial charge < -0.3 is 20.4 Å². The van der Waals surface area contributed by atoms with Crippen molar-refractivity contribution in [1.82, 2.24) is 30.0 Å². The van der Waals surface area contributed by atoms with Gasteiger partial charge in [-0.15, -0.1) is 0 Å². The molecule has 0 bridgehead atoms. The van der Waals surface area contributed by atoms with Crippen LogP contribution >= 0.6 is 11.6 Å². The van der Waals surface area contributed by atoms with Crippen LogP contribution in [0.1, 0.15) is 43.4 Å². The number of amides is 3. The molecule has 3 aliphatic heterocycles. The number of pyridine rings is 1. The van der Waals surface area contributed by atoms with Gasteiger partial charge in [-0.05, 0) is 42.5 Å². The van der Waals surface area contributed by atoms with E-state index >= 15 is 0 Å². The third kappa shape index (κ3) is 5.41. The Morgan fingerprint density at radius 2 is 1.91 bits per heavy atom. The minimum atomic E-state index is -0.469. The van der Waals surface area contributed by atoms with Gasteiger partial charge in [-0.1, -0.05) is 18.5 Å². The highest BCUT2D eigenvalue weighted by atomic mass is 35.5. The van der Waals surface area contributed by atoms with Gasteiger partial charge in [0.15, 0.2) is 5.82 Å². The number of hydrogen-bond donors (Lipinski definition) is 3. The van der Waals surface area contributed by atoms with E-state index in [2.05, 4.69) is 42.8 Å². The van der Waals surface area contributed by atoms with Crippen LogP contribution in [0.15, 0.2) is 36.7 Å². The average Bonchev–Trinajstić information content (AvgIpc) is 3.49. The van der Waals surface area contributed by atoms with Crippen LogP contribution < -0.4 is 25.8 Å². The van der Waals surface area contributed by atoms with E-state index in [-0.39, 0.29) is 29.7 Å². The van der Waals surface area contributed by atoms with E-state index in [0.717, 1.165) is 53.2 Å². The van der Waals surface area contributed by atoms with Crippen molar-refractivity contribution in [3.8, 4) is 0 Å². The molecule has 0 saturated carbocycles. The van der Waals surface area contributed by atoms with Gasteiger partial charge in [-0.3, -0.25) is 24.4 Å². The number of nitrogens with one attached hydrogen (secondary N) is 3. The number of halogens is 1. The molecular formula is C31H33ClN10O3. The lowest BCUT2D eigenvalue weighted by atomic mass is 9.93. The summed E-state index contributed by atoms with van der Waals surface area (Å²) in [6, 6.07) is 7.94. The number of rotatable bonds is 6. The monoisotopic (exact) mass is 628 g/mol. The van der Waals surface area contributed by atoms with Crippen molar-refractivity contribution in [3.63, 3.8) is 0 Å². The molecule has 3 N–H and O–H groups in total. The molecule has 1 unspecified atom stereocenters. The number of imide groups is 1. The van der Waals surface area contributed by atoms with Crippen LogP contribution in [0, 0.1) is 5.92 Å². The molecule has 2 saturated heterocycles. The Morgan fingerprint density at radius 1 is 1.07 bits per heavy atom. The van der Waals surface area contributed by atoms with Crippen LogP contribution in [0.5, 0.6) is 0 Å². The molecule has 0 spiro atoms. The van der Waals surface area contributed by atoms with E-state index < -0.39 is 5.92 Å². The second kappa shape index (κ2) is 11.3. The largest absolute Gasteiger partial charge is 0.367 e. The lowest BCUT2D eigenvalue weighted by Crippen LogP contribution is -2.46. The molecule has 4 aromatic rings. The summed E-state index contributed by atoms with van der Waals surface area (Å²) in [6.07, 6.45) is 5.33. The number of carbonyl (C=O) groups is 3. The number of fused-ring (bicyclic) bond motifs is 2. The third-order valence-corrected chi connectivity index (χ3v) is 9.28. The van der Waals surface area contributed by atoms with E-state index in [1.54, 1.807) is 29.0 Å². The van der Waals surface area contributed by atoms with E-state index in [1.807, 2.05) is 31.3 Å². The minimum Gasteiger partial charge on any atom is -0.367 e. The topological polar surface area (TPSA) is 150 Å². The highest BCUT2D eigenvalue weighted by molar-refractivity contribution is 6.32. The van der Waals surface area contributed by atoms with Gasteiger partial charge in [0.05, 0.1) is 29.7 Å². The van der Waals surface area contributed by atoms with Crippen molar-refractivity contribution >= 4 is 69.2 Å². The van der Waals surface area contributed by atoms with Gasteiger partial charge in [0, 0.05) is 68.7 Å². The quantitative estimate of drug-likeness (QED) is 0.271. The fourth-order valence-corrected chi connectivity index (χ4v) is 6.62. The number of aromatic nitrogens is 5. The van der Waals surface area contributed by atoms with Crippen LogP contribution in [-0.2, 0) is 27.9 Å². The van der Waals surface area contributed by atoms with E-state index in [9.17, 15) is 14.4 Å². The summed E-state index contributed by atoms with van der Waals surface area (Å²) in [4.78, 5) is 54.0. The van der Waals surface area contributed by atoms with Gasteiger partial charge in [0.2, 0.25) is 23.7 Å². The van der Waals surface area contributed by atoms with E-state index in [1.165, 1.54) is 0 Å². The molecule has 0 radical (unpaired) electrons. The first kappa shape index (κ1) is 29.0. The van der Waals surface area contributed by atoms with Crippen molar-refractivity contribution < 1.29 is 14.4 Å². The summed E-state index contributed by atoms with van der Waals surface area (Å²) < 4.78 is 1.76. The van der Waals surface area contributed by atoms with Crippen molar-refractivity contribution in [2.24, 2.45) is 13.0 Å². The molecule has 45 heavy (non-hydrogen) atoms. The number of anilines is 5. The molecule has 3 atom stereocenters. The molecule has 3 aromatic heterocycles. The van der Waals surface area contributed by atoms with Gasteiger partial charge >= 0.3 is 0 Å². The van der Waals surface area contributed by atoms with Crippen LogP contribution in [0.2, 0.25) is 5.02 Å². The molecule has 14 heteroatoms. The minimum absolute atomic E-state index is 0.0729. The average molecular weight is 629 g/mol. The molecule has 3 amide bonds. The Balaban J connectivity index is 1.02. The molecule has 3 aliphatic rings. The zero-order valence-corrected chi connectivity index (χ0v) is 25.9. The summed E-state index contributed by atoms with van der Waals surface area (Å²) in [7, 11) is 3.63. The second-order valence-corrected chi connectivity index (χ2v) is 12.4. The van der Waals surface area contributed by atoms with Crippen molar-refractivity contribution in [3.05, 3.63) is 52.9 Å². The molecule has 13 nitrogen and oxygen atoms in total. The lowest BCUT2D eigenvalue weighted by molar-refractivity contribution is -0.134. The smallest absolute Gasteiger partial charge is 0.235 e. The highest BCUT2D eigenvalue weighted by Crippen LogP contribution is 2.34. The first-order valence-corrected chi connectivity index (χ1v) is 15.4. The predicted molar refractivity (Wildman–Crippen MR) is 171 cm³/mol. The Morgan fingerprint density at radius 3 is 2.71 bits per heavy atom.